The Labute approximate surface area is 214 Å². The Morgan fingerprint density at radius 3 is 2.39 bits per heavy atom. The van der Waals surface area contributed by atoms with Crippen molar-refractivity contribution in [3.8, 4) is 5.75 Å². The lowest BCUT2D eigenvalue weighted by Crippen LogP contribution is -2.39. The average molecular weight is 529 g/mol. The van der Waals surface area contributed by atoms with Gasteiger partial charge in [0, 0.05) is 11.6 Å². The van der Waals surface area contributed by atoms with Crippen molar-refractivity contribution in [2.75, 3.05) is 23.7 Å². The summed E-state index contributed by atoms with van der Waals surface area (Å²) >= 11 is 5.94. The van der Waals surface area contributed by atoms with Gasteiger partial charge in [0.15, 0.2) is 6.61 Å². The van der Waals surface area contributed by atoms with E-state index in [1.165, 1.54) is 12.3 Å². The number of nitrogens with one attached hydrogen (secondary N) is 2. The molecule has 3 aromatic rings. The summed E-state index contributed by atoms with van der Waals surface area (Å²) in [4.78, 5) is 24.2. The zero-order chi connectivity index (χ0) is 26.0. The van der Waals surface area contributed by atoms with Crippen LogP contribution in [0.2, 0.25) is 5.02 Å². The van der Waals surface area contributed by atoms with E-state index in [0.717, 1.165) is 16.1 Å². The number of hydrogen-bond acceptors (Lipinski definition) is 6. The first-order chi connectivity index (χ1) is 17.2. The number of anilines is 1. The molecule has 9 nitrogen and oxygen atoms in total. The van der Waals surface area contributed by atoms with Crippen molar-refractivity contribution in [2.45, 2.75) is 6.54 Å². The molecule has 36 heavy (non-hydrogen) atoms. The number of benzene rings is 3. The monoisotopic (exact) mass is 528 g/mol. The lowest BCUT2D eigenvalue weighted by atomic mass is 10.2. The molecule has 0 aliphatic rings. The van der Waals surface area contributed by atoms with E-state index >= 15 is 0 Å². The van der Waals surface area contributed by atoms with Gasteiger partial charge >= 0.3 is 0 Å². The number of rotatable bonds is 11. The fourth-order valence-electron chi connectivity index (χ4n) is 3.02. The van der Waals surface area contributed by atoms with Gasteiger partial charge in [0.1, 0.15) is 12.3 Å². The third-order valence-corrected chi connectivity index (χ3v) is 6.14. The summed E-state index contributed by atoms with van der Waals surface area (Å²) in [6.45, 7) is -0.166. The summed E-state index contributed by atoms with van der Waals surface area (Å²) in [6.07, 6.45) is 2.40. The van der Waals surface area contributed by atoms with E-state index in [-0.39, 0.29) is 18.2 Å². The van der Waals surface area contributed by atoms with Gasteiger partial charge in [-0.3, -0.25) is 13.9 Å². The number of carbonyl (C=O) groups is 2. The van der Waals surface area contributed by atoms with E-state index in [9.17, 15) is 18.0 Å². The summed E-state index contributed by atoms with van der Waals surface area (Å²) in [5, 5.41) is 7.00. The number of sulfonamides is 1. The maximum Gasteiger partial charge on any atom is 0.260 e. The highest BCUT2D eigenvalue weighted by Gasteiger charge is 2.20. The number of ether oxygens (including phenoxy) is 1. The second-order valence-electron chi connectivity index (χ2n) is 7.66. The van der Waals surface area contributed by atoms with Crippen molar-refractivity contribution in [1.82, 2.24) is 10.7 Å². The minimum atomic E-state index is -3.72. The molecule has 0 radical (unpaired) electrons. The number of amides is 2. The van der Waals surface area contributed by atoms with Crippen LogP contribution >= 0.6 is 11.6 Å². The van der Waals surface area contributed by atoms with Crippen molar-refractivity contribution in [3.05, 3.63) is 95.0 Å². The van der Waals surface area contributed by atoms with Crippen molar-refractivity contribution < 1.29 is 22.7 Å². The van der Waals surface area contributed by atoms with Gasteiger partial charge < -0.3 is 10.1 Å². The predicted molar refractivity (Wildman–Crippen MR) is 140 cm³/mol. The number of halogens is 1. The third kappa shape index (κ3) is 8.71. The molecule has 0 fully saturated rings. The van der Waals surface area contributed by atoms with Gasteiger partial charge in [-0.05, 0) is 53.6 Å². The number of carbonyl (C=O) groups excluding carboxylic acids is 2. The molecule has 0 saturated carbocycles. The van der Waals surface area contributed by atoms with E-state index in [2.05, 4.69) is 15.8 Å². The van der Waals surface area contributed by atoms with Crippen LogP contribution in [-0.2, 0) is 26.2 Å². The Morgan fingerprint density at radius 2 is 1.72 bits per heavy atom. The Bertz CT molecular complexity index is 1320. The first-order valence-electron chi connectivity index (χ1n) is 10.8. The van der Waals surface area contributed by atoms with Crippen molar-refractivity contribution in [1.29, 1.82) is 0 Å². The smallest absolute Gasteiger partial charge is 0.260 e. The van der Waals surface area contributed by atoms with Crippen LogP contribution < -0.4 is 19.8 Å². The lowest BCUT2D eigenvalue weighted by Gasteiger charge is -2.21. The molecule has 0 saturated heterocycles. The molecule has 0 aliphatic carbocycles. The summed E-state index contributed by atoms with van der Waals surface area (Å²) in [5.41, 5.74) is 4.23. The molecule has 0 aliphatic heterocycles. The largest absolute Gasteiger partial charge is 0.484 e. The Hall–Kier alpha value is -3.89. The van der Waals surface area contributed by atoms with Gasteiger partial charge in [0.25, 0.3) is 11.8 Å². The highest BCUT2D eigenvalue weighted by atomic mass is 35.5. The van der Waals surface area contributed by atoms with Crippen LogP contribution in [0.15, 0.2) is 84.0 Å². The van der Waals surface area contributed by atoms with Crippen LogP contribution in [0.1, 0.15) is 11.1 Å². The van der Waals surface area contributed by atoms with E-state index in [4.69, 9.17) is 16.3 Å². The fraction of sp³-hybridized carbons (Fsp3) is 0.160. The number of hydrazone groups is 1. The molecule has 0 spiro atoms. The van der Waals surface area contributed by atoms with Crippen molar-refractivity contribution in [3.63, 3.8) is 0 Å². The van der Waals surface area contributed by atoms with Crippen LogP contribution in [0.3, 0.4) is 0 Å². The van der Waals surface area contributed by atoms with E-state index in [0.29, 0.717) is 22.9 Å². The molecule has 2 amide bonds. The molecule has 11 heteroatoms. The SMILES string of the molecule is CS(=O)(=O)N(CC(=O)N/N=C\c1ccc(OCC(=O)NCc2ccccc2)cc1)c1cccc(Cl)c1. The molecule has 2 N–H and O–H groups in total. The molecule has 188 valence electrons. The zero-order valence-corrected chi connectivity index (χ0v) is 21.0. The Kier molecular flexibility index (Phi) is 9.43. The van der Waals surface area contributed by atoms with E-state index in [1.807, 2.05) is 30.3 Å². The molecule has 0 aromatic heterocycles. The normalized spacial score (nSPS) is 11.2. The van der Waals surface area contributed by atoms with Crippen LogP contribution in [0.4, 0.5) is 5.69 Å². The van der Waals surface area contributed by atoms with Crippen molar-refractivity contribution in [2.24, 2.45) is 5.10 Å². The topological polar surface area (TPSA) is 117 Å². The van der Waals surface area contributed by atoms with Gasteiger partial charge in [-0.1, -0.05) is 48.0 Å². The first kappa shape index (κ1) is 26.7. The summed E-state index contributed by atoms with van der Waals surface area (Å²) in [5.74, 6) is -0.373. The number of nitrogens with zero attached hydrogens (tertiary/aromatic N) is 2. The molecular weight excluding hydrogens is 504 g/mol. The molecular formula is C25H25ClN4O5S. The van der Waals surface area contributed by atoms with Crippen LogP contribution in [0, 0.1) is 0 Å². The lowest BCUT2D eigenvalue weighted by molar-refractivity contribution is -0.123. The standard InChI is InChI=1S/C25H25ClN4O5S/c1-36(33,34)30(22-9-5-8-21(26)14-22)17-24(31)29-28-16-20-10-12-23(13-11-20)35-18-25(32)27-15-19-6-3-2-4-7-19/h2-14,16H,15,17-18H2,1H3,(H,27,32)(H,29,31)/b28-16-. The second-order valence-corrected chi connectivity index (χ2v) is 10.0. The van der Waals surface area contributed by atoms with Crippen LogP contribution in [0.25, 0.3) is 0 Å². The van der Waals surface area contributed by atoms with Gasteiger partial charge in [-0.15, -0.1) is 0 Å². The maximum absolute atomic E-state index is 12.3. The zero-order valence-electron chi connectivity index (χ0n) is 19.4. The molecule has 0 unspecified atom stereocenters. The minimum Gasteiger partial charge on any atom is -0.484 e. The summed E-state index contributed by atoms with van der Waals surface area (Å²) in [6, 6.07) is 22.5. The van der Waals surface area contributed by atoms with Gasteiger partial charge in [0.2, 0.25) is 10.0 Å². The molecule has 0 bridgehead atoms. The van der Waals surface area contributed by atoms with Gasteiger partial charge in [-0.2, -0.15) is 5.10 Å². The highest BCUT2D eigenvalue weighted by Crippen LogP contribution is 2.21. The third-order valence-electron chi connectivity index (χ3n) is 4.77. The summed E-state index contributed by atoms with van der Waals surface area (Å²) in [7, 11) is -3.72. The predicted octanol–water partition coefficient (Wildman–Crippen LogP) is 2.95. The molecule has 0 heterocycles. The minimum absolute atomic E-state index is 0.125. The average Bonchev–Trinajstić information content (AvgIpc) is 2.85. The fourth-order valence-corrected chi connectivity index (χ4v) is 4.06. The van der Waals surface area contributed by atoms with Gasteiger partial charge in [0.05, 0.1) is 18.2 Å². The second kappa shape index (κ2) is 12.7. The quantitative estimate of drug-likeness (QED) is 0.293. The van der Waals surface area contributed by atoms with Crippen LogP contribution in [0.5, 0.6) is 5.75 Å². The molecule has 0 atom stereocenters. The molecule has 3 aromatic carbocycles. The maximum atomic E-state index is 12.3. The first-order valence-corrected chi connectivity index (χ1v) is 13.0. The van der Waals surface area contributed by atoms with Crippen molar-refractivity contribution >= 4 is 45.3 Å². The van der Waals surface area contributed by atoms with E-state index < -0.39 is 22.5 Å². The Morgan fingerprint density at radius 1 is 1.00 bits per heavy atom. The van der Waals surface area contributed by atoms with E-state index in [1.54, 1.807) is 42.5 Å². The summed E-state index contributed by atoms with van der Waals surface area (Å²) < 4.78 is 30.7. The Balaban J connectivity index is 1.46. The van der Waals surface area contributed by atoms with Crippen LogP contribution in [-0.4, -0.2) is 45.9 Å². The van der Waals surface area contributed by atoms with Gasteiger partial charge in [-0.25, -0.2) is 13.8 Å². The highest BCUT2D eigenvalue weighted by molar-refractivity contribution is 7.92. The number of hydrogen-bond donors (Lipinski definition) is 2. The molecule has 3 rings (SSSR count).